The smallest absolute Gasteiger partial charge is 0.0969 e. The van der Waals surface area contributed by atoms with Crippen LogP contribution in [0.1, 0.15) is 0 Å². The molecule has 2 nitrogen and oxygen atoms in total. The fourth-order valence-electron chi connectivity index (χ4n) is 0. The molecule has 0 heterocycles. The molecule has 0 unspecified atom stereocenters. The lowest BCUT2D eigenvalue weighted by Gasteiger charge is -1.69. The van der Waals surface area contributed by atoms with E-state index in [9.17, 15) is 0 Å². The van der Waals surface area contributed by atoms with Crippen molar-refractivity contribution < 1.29 is 0 Å². The first kappa shape index (κ1) is 9.55. The first-order chi connectivity index (χ1) is 2.73. The van der Waals surface area contributed by atoms with E-state index < -0.39 is 0 Å². The Kier molecular flexibility index (Phi) is 14.3. The molecule has 4 N–H and O–H groups in total. The normalized spacial score (nSPS) is 7.00. The lowest BCUT2D eigenvalue weighted by atomic mass is 11.9. The Morgan fingerprint density at radius 3 is 1.00 bits per heavy atom. The summed E-state index contributed by atoms with van der Waals surface area (Å²) in [5.74, 6) is 8.00. The minimum Gasteiger partial charge on any atom is -0.274 e. The molecule has 6 heavy (non-hydrogen) atoms. The molecule has 0 aliphatic carbocycles. The van der Waals surface area contributed by atoms with Crippen molar-refractivity contribution >= 4 is 10.9 Å². The van der Waals surface area contributed by atoms with Crippen LogP contribution in [0.25, 0.3) is 0 Å². The summed E-state index contributed by atoms with van der Waals surface area (Å²) < 4.78 is 0. The largest absolute Gasteiger partial charge is 0.274 e. The van der Waals surface area contributed by atoms with E-state index in [1.54, 1.807) is 0 Å². The highest BCUT2D eigenvalue weighted by Gasteiger charge is 1.77. The van der Waals surface area contributed by atoms with Gasteiger partial charge in [-0.3, -0.25) is 11.7 Å². The zero-order chi connectivity index (χ0) is 5.58. The molecule has 0 aromatic heterocycles. The predicted octanol–water partition coefficient (Wildman–Crippen LogP) is -0.687. The van der Waals surface area contributed by atoms with Gasteiger partial charge in [0, 0.05) is 0 Å². The van der Waals surface area contributed by atoms with Gasteiger partial charge in [0.25, 0.3) is 0 Å². The highest BCUT2D eigenvalue weighted by Crippen LogP contribution is 1.63. The maximum atomic E-state index is 4.00. The molecular formula is C3H13N2S+. The van der Waals surface area contributed by atoms with E-state index in [1.165, 1.54) is 0 Å². The van der Waals surface area contributed by atoms with E-state index >= 15 is 0 Å². The molecule has 0 atom stereocenters. The van der Waals surface area contributed by atoms with Crippen LogP contribution in [0.15, 0.2) is 0 Å². The maximum Gasteiger partial charge on any atom is 0.0969 e. The second kappa shape index (κ2) is 8.99. The van der Waals surface area contributed by atoms with Crippen LogP contribution in [0.4, 0.5) is 0 Å². The summed E-state index contributed by atoms with van der Waals surface area (Å²) in [5.41, 5.74) is 0. The molecule has 0 radical (unpaired) electrons. The van der Waals surface area contributed by atoms with Gasteiger partial charge in [0.2, 0.25) is 0 Å². The van der Waals surface area contributed by atoms with Crippen LogP contribution in [0.3, 0.4) is 0 Å². The van der Waals surface area contributed by atoms with E-state index in [0.717, 1.165) is 0 Å². The predicted molar refractivity (Wildman–Crippen MR) is 33.5 cm³/mol. The van der Waals surface area contributed by atoms with Gasteiger partial charge < -0.3 is 0 Å². The second-order valence-electron chi connectivity index (χ2n) is 1.22. The lowest BCUT2D eigenvalue weighted by molar-refractivity contribution is 1.26. The third-order valence-corrected chi connectivity index (χ3v) is 0. The van der Waals surface area contributed by atoms with E-state index in [1.807, 2.05) is 0 Å². The van der Waals surface area contributed by atoms with Crippen molar-refractivity contribution in [3.8, 4) is 0 Å². The van der Waals surface area contributed by atoms with E-state index in [4.69, 9.17) is 0 Å². The third-order valence-electron chi connectivity index (χ3n) is 0. The summed E-state index contributed by atoms with van der Waals surface area (Å²) in [6.45, 7) is 0. The van der Waals surface area contributed by atoms with Crippen molar-refractivity contribution in [2.45, 2.75) is 0 Å². The number of hydrogen-bond donors (Lipinski definition) is 2. The summed E-state index contributed by atoms with van der Waals surface area (Å²) in [6, 6.07) is 0. The van der Waals surface area contributed by atoms with Gasteiger partial charge in [-0.2, -0.15) is 0 Å². The third kappa shape index (κ3) is 626. The van der Waals surface area contributed by atoms with Crippen molar-refractivity contribution in [1.29, 1.82) is 0 Å². The average Bonchev–Trinajstić information content (AvgIpc) is 1.41. The van der Waals surface area contributed by atoms with Gasteiger partial charge in [0.05, 0.1) is 18.8 Å². The SMILES string of the molecule is C[S+](C)C.NN. The molecule has 0 spiro atoms. The summed E-state index contributed by atoms with van der Waals surface area (Å²) in [4.78, 5) is 0. The van der Waals surface area contributed by atoms with Crippen LogP contribution in [-0.4, -0.2) is 18.8 Å². The molecule has 0 fully saturated rings. The quantitative estimate of drug-likeness (QED) is 0.246. The van der Waals surface area contributed by atoms with Gasteiger partial charge in [0.15, 0.2) is 0 Å². The number of rotatable bonds is 0. The Morgan fingerprint density at radius 2 is 1.00 bits per heavy atom. The lowest BCUT2D eigenvalue weighted by Crippen LogP contribution is -2.02. The zero-order valence-corrected chi connectivity index (χ0v) is 5.38. The summed E-state index contributed by atoms with van der Waals surface area (Å²) in [6.07, 6.45) is 6.58. The molecular weight excluding hydrogens is 96.1 g/mol. The first-order valence-corrected chi connectivity index (χ1v) is 4.01. The number of nitrogens with two attached hydrogens (primary N) is 2. The van der Waals surface area contributed by atoms with Crippen molar-refractivity contribution in [2.75, 3.05) is 18.8 Å². The average molecular weight is 109 g/mol. The molecule has 0 saturated carbocycles. The zero-order valence-electron chi connectivity index (χ0n) is 4.56. The minimum atomic E-state index is 0.639. The van der Waals surface area contributed by atoms with Crippen LogP contribution >= 0.6 is 0 Å². The fourth-order valence-corrected chi connectivity index (χ4v) is 0. The summed E-state index contributed by atoms with van der Waals surface area (Å²) in [5, 5.41) is 0. The first-order valence-electron chi connectivity index (χ1n) is 1.56. The molecule has 0 aromatic rings. The van der Waals surface area contributed by atoms with Crippen LogP contribution < -0.4 is 11.7 Å². The monoisotopic (exact) mass is 109 g/mol. The van der Waals surface area contributed by atoms with Crippen LogP contribution in [0.2, 0.25) is 0 Å². The van der Waals surface area contributed by atoms with Crippen LogP contribution in [0, 0.1) is 0 Å². The fraction of sp³-hybridized carbons (Fsp3) is 1.00. The highest BCUT2D eigenvalue weighted by molar-refractivity contribution is 7.94. The van der Waals surface area contributed by atoms with E-state index in [-0.39, 0.29) is 0 Å². The highest BCUT2D eigenvalue weighted by atomic mass is 32.2. The Hall–Kier alpha value is 0.270. The van der Waals surface area contributed by atoms with Crippen LogP contribution in [0.5, 0.6) is 0 Å². The molecule has 0 aliphatic heterocycles. The Morgan fingerprint density at radius 1 is 1.00 bits per heavy atom. The van der Waals surface area contributed by atoms with E-state index in [0.29, 0.717) is 10.9 Å². The standard InChI is InChI=1S/C3H9S.H4N2/c1-4(2)3;1-2/h1-3H3;1-2H2/q+1;. The molecule has 0 saturated heterocycles. The molecule has 40 valence electrons. The Bertz CT molecular complexity index is 13.5. The maximum absolute atomic E-state index is 4.00. The van der Waals surface area contributed by atoms with Gasteiger partial charge in [-0.15, -0.1) is 0 Å². The summed E-state index contributed by atoms with van der Waals surface area (Å²) >= 11 is 0. The molecule has 0 rings (SSSR count). The number of hydrazine groups is 1. The van der Waals surface area contributed by atoms with Gasteiger partial charge in [0.1, 0.15) is 0 Å². The molecule has 0 bridgehead atoms. The molecule has 0 amide bonds. The van der Waals surface area contributed by atoms with Gasteiger partial charge in [-0.05, 0) is 10.9 Å². The van der Waals surface area contributed by atoms with Crippen molar-refractivity contribution in [3.63, 3.8) is 0 Å². The molecule has 3 heteroatoms. The van der Waals surface area contributed by atoms with E-state index in [2.05, 4.69) is 30.5 Å². The van der Waals surface area contributed by atoms with Crippen LogP contribution in [-0.2, 0) is 10.9 Å². The van der Waals surface area contributed by atoms with Gasteiger partial charge >= 0.3 is 0 Å². The van der Waals surface area contributed by atoms with Crippen molar-refractivity contribution in [2.24, 2.45) is 11.7 Å². The Labute approximate surface area is 42.2 Å². The topological polar surface area (TPSA) is 52.0 Å². The second-order valence-corrected chi connectivity index (χ2v) is 3.67. The van der Waals surface area contributed by atoms with Gasteiger partial charge in [-0.1, -0.05) is 0 Å². The summed E-state index contributed by atoms with van der Waals surface area (Å²) in [7, 11) is 0.639. The molecule has 0 aromatic carbocycles. The number of hydrogen-bond acceptors (Lipinski definition) is 2. The Balaban J connectivity index is 0. The van der Waals surface area contributed by atoms with Crippen molar-refractivity contribution in [3.05, 3.63) is 0 Å². The minimum absolute atomic E-state index is 0.639. The van der Waals surface area contributed by atoms with Crippen molar-refractivity contribution in [1.82, 2.24) is 0 Å². The van der Waals surface area contributed by atoms with Gasteiger partial charge in [-0.25, -0.2) is 0 Å². The molecule has 0 aliphatic rings.